The van der Waals surface area contributed by atoms with E-state index in [4.69, 9.17) is 4.98 Å². The van der Waals surface area contributed by atoms with E-state index in [2.05, 4.69) is 28.3 Å². The van der Waals surface area contributed by atoms with Crippen LogP contribution in [0.5, 0.6) is 0 Å². The molecule has 0 atom stereocenters. The highest BCUT2D eigenvalue weighted by molar-refractivity contribution is 8.01. The summed E-state index contributed by atoms with van der Waals surface area (Å²) in [6.45, 7) is 2.23. The van der Waals surface area contributed by atoms with Gasteiger partial charge in [-0.25, -0.2) is 15.0 Å². The minimum atomic E-state index is 0.930. The number of nitrogens with one attached hydrogen (secondary N) is 1. The van der Waals surface area contributed by atoms with Crippen molar-refractivity contribution in [2.75, 3.05) is 11.1 Å². The van der Waals surface area contributed by atoms with Crippen molar-refractivity contribution in [1.29, 1.82) is 0 Å². The molecule has 0 unspecified atom stereocenters. The molecule has 4 aromatic heterocycles. The van der Waals surface area contributed by atoms with Crippen LogP contribution in [0.15, 0.2) is 28.2 Å². The lowest BCUT2D eigenvalue weighted by Crippen LogP contribution is -2.03. The van der Waals surface area contributed by atoms with Gasteiger partial charge in [-0.15, -0.1) is 34.4 Å². The number of pyridine rings is 1. The van der Waals surface area contributed by atoms with Crippen molar-refractivity contribution in [2.24, 2.45) is 7.05 Å². The quantitative estimate of drug-likeness (QED) is 0.300. The number of unbranched alkanes of at least 4 members (excludes halogenated alkanes) is 1. The molecule has 0 bridgehead atoms. The van der Waals surface area contributed by atoms with Crippen molar-refractivity contribution in [3.63, 3.8) is 0 Å². The third-order valence-electron chi connectivity index (χ3n) is 4.45. The lowest BCUT2D eigenvalue weighted by atomic mass is 10.0. The summed E-state index contributed by atoms with van der Waals surface area (Å²) in [5.41, 5.74) is 4.27. The maximum absolute atomic E-state index is 4.93. The van der Waals surface area contributed by atoms with Gasteiger partial charge in [-0.05, 0) is 18.2 Å². The van der Waals surface area contributed by atoms with E-state index in [-0.39, 0.29) is 0 Å². The maximum atomic E-state index is 4.93. The third-order valence-corrected chi connectivity index (χ3v) is 7.68. The van der Waals surface area contributed by atoms with Gasteiger partial charge in [0.05, 0.1) is 16.2 Å². The van der Waals surface area contributed by atoms with Gasteiger partial charge < -0.3 is 9.88 Å². The van der Waals surface area contributed by atoms with Gasteiger partial charge in [-0.2, -0.15) is 0 Å². The number of fused-ring (bicyclic) bond motifs is 2. The van der Waals surface area contributed by atoms with Crippen LogP contribution in [0.4, 0.5) is 11.5 Å². The van der Waals surface area contributed by atoms with Crippen LogP contribution in [0.25, 0.3) is 32.2 Å². The van der Waals surface area contributed by atoms with Gasteiger partial charge in [0.15, 0.2) is 0 Å². The zero-order valence-electron chi connectivity index (χ0n) is 14.4. The fraction of sp³-hybridized carbons (Fsp3) is 0.278. The zero-order valence-corrected chi connectivity index (χ0v) is 16.9. The lowest BCUT2D eigenvalue weighted by Gasteiger charge is -2.17. The normalized spacial score (nSPS) is 12.4. The Morgan fingerprint density at radius 3 is 3.04 bits per heavy atom. The molecule has 8 heteroatoms. The molecular weight excluding hydrogens is 382 g/mol. The molecule has 1 aliphatic heterocycles. The van der Waals surface area contributed by atoms with Crippen LogP contribution in [0, 0.1) is 0 Å². The van der Waals surface area contributed by atoms with Gasteiger partial charge in [-0.1, -0.05) is 13.3 Å². The first-order chi connectivity index (χ1) is 12.8. The van der Waals surface area contributed by atoms with Gasteiger partial charge in [-0.3, -0.25) is 0 Å². The van der Waals surface area contributed by atoms with Crippen molar-refractivity contribution in [1.82, 2.24) is 19.5 Å². The molecule has 0 saturated heterocycles. The van der Waals surface area contributed by atoms with Crippen molar-refractivity contribution in [2.45, 2.75) is 24.0 Å². The van der Waals surface area contributed by atoms with Gasteiger partial charge in [0.25, 0.3) is 0 Å². The second kappa shape index (κ2) is 6.37. The fourth-order valence-electron chi connectivity index (χ4n) is 3.14. The Morgan fingerprint density at radius 2 is 2.23 bits per heavy atom. The first kappa shape index (κ1) is 16.3. The molecular formula is C18H17N5S3. The summed E-state index contributed by atoms with van der Waals surface area (Å²) in [6.07, 6.45) is 6.13. The summed E-state index contributed by atoms with van der Waals surface area (Å²) in [6, 6.07) is 2.14. The van der Waals surface area contributed by atoms with E-state index >= 15 is 0 Å². The molecule has 132 valence electrons. The van der Waals surface area contributed by atoms with Gasteiger partial charge >= 0.3 is 0 Å². The Morgan fingerprint density at radius 1 is 1.31 bits per heavy atom. The number of thiophene rings is 1. The molecule has 5 heterocycles. The number of aryl methyl sites for hydroxylation is 1. The molecule has 1 aliphatic rings. The average molecular weight is 400 g/mol. The molecule has 0 radical (unpaired) electrons. The Bertz CT molecular complexity index is 1090. The van der Waals surface area contributed by atoms with Crippen molar-refractivity contribution < 1.29 is 0 Å². The molecule has 0 spiro atoms. The number of hydrogen-bond donors (Lipinski definition) is 1. The van der Waals surface area contributed by atoms with Crippen LogP contribution in [0.3, 0.4) is 0 Å². The number of rotatable bonds is 5. The predicted molar refractivity (Wildman–Crippen MR) is 112 cm³/mol. The molecule has 4 aromatic rings. The van der Waals surface area contributed by atoms with E-state index in [1.165, 1.54) is 28.1 Å². The highest BCUT2D eigenvalue weighted by Gasteiger charge is 2.28. The summed E-state index contributed by atoms with van der Waals surface area (Å²) in [4.78, 5) is 15.1. The van der Waals surface area contributed by atoms with Crippen LogP contribution in [0.2, 0.25) is 0 Å². The monoisotopic (exact) mass is 399 g/mol. The van der Waals surface area contributed by atoms with Crippen LogP contribution < -0.4 is 5.32 Å². The van der Waals surface area contributed by atoms with Crippen molar-refractivity contribution in [3.05, 3.63) is 24.0 Å². The third kappa shape index (κ3) is 2.47. The zero-order chi connectivity index (χ0) is 17.7. The number of thiazole rings is 1. The minimum Gasteiger partial charge on any atom is -0.338 e. The van der Waals surface area contributed by atoms with Crippen LogP contribution in [-0.4, -0.2) is 25.3 Å². The number of anilines is 2. The Kier molecular flexibility index (Phi) is 3.99. The van der Waals surface area contributed by atoms with E-state index < -0.39 is 0 Å². The summed E-state index contributed by atoms with van der Waals surface area (Å²) >= 11 is 5.32. The number of imidazole rings is 1. The topological polar surface area (TPSA) is 55.6 Å². The molecule has 0 saturated carbocycles. The Hall–Kier alpha value is -1.90. The second-order valence-electron chi connectivity index (χ2n) is 6.22. The molecule has 26 heavy (non-hydrogen) atoms. The number of aromatic nitrogens is 4. The Labute approximate surface area is 163 Å². The summed E-state index contributed by atoms with van der Waals surface area (Å²) < 4.78 is 3.36. The van der Waals surface area contributed by atoms with E-state index in [0.717, 1.165) is 38.4 Å². The SMILES string of the molecule is CCCCSc1sc2nc(-c3nccs3)cc3c2c1Nc1c-3ncn1C. The van der Waals surface area contributed by atoms with Crippen molar-refractivity contribution >= 4 is 56.2 Å². The van der Waals surface area contributed by atoms with Crippen molar-refractivity contribution in [3.8, 4) is 22.0 Å². The Balaban J connectivity index is 1.74. The standard InChI is InChI=1S/C18H17N5S3/c1-3-4-6-25-18-14-12-10(13-15(22-14)23(2)9-20-13)8-11(21-17(12)26-18)16-19-5-7-24-16/h5,7-9,22H,3-4,6H2,1-2H3. The number of nitrogens with zero attached hydrogens (tertiary/aromatic N) is 4. The molecule has 0 aliphatic carbocycles. The minimum absolute atomic E-state index is 0.930. The van der Waals surface area contributed by atoms with Crippen LogP contribution in [-0.2, 0) is 7.05 Å². The predicted octanol–water partition coefficient (Wildman–Crippen LogP) is 5.77. The molecule has 5 rings (SSSR count). The molecule has 1 N–H and O–H groups in total. The number of hydrogen-bond acceptors (Lipinski definition) is 7. The van der Waals surface area contributed by atoms with Crippen LogP contribution in [0.1, 0.15) is 19.8 Å². The van der Waals surface area contributed by atoms with E-state index in [1.54, 1.807) is 22.7 Å². The molecule has 5 nitrogen and oxygen atoms in total. The largest absolute Gasteiger partial charge is 0.338 e. The van der Waals surface area contributed by atoms with E-state index in [1.807, 2.05) is 41.3 Å². The molecule has 0 aromatic carbocycles. The first-order valence-electron chi connectivity index (χ1n) is 8.55. The fourth-order valence-corrected chi connectivity index (χ4v) is 6.27. The highest BCUT2D eigenvalue weighted by Crippen LogP contribution is 2.51. The average Bonchev–Trinajstić information content (AvgIpc) is 3.37. The highest BCUT2D eigenvalue weighted by atomic mass is 32.2. The second-order valence-corrected chi connectivity index (χ2v) is 9.47. The first-order valence-corrected chi connectivity index (χ1v) is 11.2. The van der Waals surface area contributed by atoms with Gasteiger partial charge in [0.1, 0.15) is 27.0 Å². The van der Waals surface area contributed by atoms with E-state index in [9.17, 15) is 0 Å². The summed E-state index contributed by atoms with van der Waals surface area (Å²) in [5.74, 6) is 2.18. The smallest absolute Gasteiger partial charge is 0.141 e. The number of thioether (sulfide) groups is 1. The molecule has 0 amide bonds. The van der Waals surface area contributed by atoms with Gasteiger partial charge in [0, 0.05) is 29.6 Å². The van der Waals surface area contributed by atoms with Crippen LogP contribution >= 0.6 is 34.4 Å². The summed E-state index contributed by atoms with van der Waals surface area (Å²) in [7, 11) is 2.03. The molecule has 0 fully saturated rings. The van der Waals surface area contributed by atoms with Gasteiger partial charge in [0.2, 0.25) is 0 Å². The van der Waals surface area contributed by atoms with E-state index in [0.29, 0.717) is 0 Å². The summed E-state index contributed by atoms with van der Waals surface area (Å²) in [5, 5.41) is 7.76. The lowest BCUT2D eigenvalue weighted by molar-refractivity contribution is 0.896. The maximum Gasteiger partial charge on any atom is 0.141 e.